The van der Waals surface area contributed by atoms with E-state index in [1.54, 1.807) is 0 Å². The number of rotatable bonds is 5. The van der Waals surface area contributed by atoms with Crippen LogP contribution in [0.3, 0.4) is 0 Å². The van der Waals surface area contributed by atoms with Crippen molar-refractivity contribution >= 4 is 22.3 Å². The van der Waals surface area contributed by atoms with E-state index in [1.807, 2.05) is 0 Å². The molecule has 194 valence electrons. The van der Waals surface area contributed by atoms with Crippen molar-refractivity contribution in [3.05, 3.63) is 53.2 Å². The highest BCUT2D eigenvalue weighted by Crippen LogP contribution is 2.56. The number of aromatic nitrogens is 2. The number of nitrogens with zero attached hydrogens (tertiary/aromatic N) is 5. The van der Waals surface area contributed by atoms with Crippen molar-refractivity contribution in [2.24, 2.45) is 0 Å². The molecule has 1 N–H and O–H groups in total. The molecule has 1 unspecified atom stereocenters. The molecule has 0 amide bonds. The van der Waals surface area contributed by atoms with Gasteiger partial charge in [-0.1, -0.05) is 30.3 Å². The summed E-state index contributed by atoms with van der Waals surface area (Å²) in [6.07, 6.45) is 4.83. The zero-order valence-electron chi connectivity index (χ0n) is 22.2. The van der Waals surface area contributed by atoms with Crippen LogP contribution < -0.4 is 19.9 Å². The molecule has 1 aromatic heterocycles. The van der Waals surface area contributed by atoms with Crippen molar-refractivity contribution in [2.45, 2.75) is 50.6 Å². The van der Waals surface area contributed by atoms with Gasteiger partial charge in [0, 0.05) is 60.8 Å². The smallest absolute Gasteiger partial charge is 0.318 e. The molecule has 3 fully saturated rings. The number of likely N-dealkylation sites (N-methyl/N-ethyl adjacent to an activating group) is 1. The topological polar surface area (TPSA) is 56.8 Å². The van der Waals surface area contributed by atoms with Crippen LogP contribution in [0.5, 0.6) is 6.01 Å². The Morgan fingerprint density at radius 1 is 1.03 bits per heavy atom. The summed E-state index contributed by atoms with van der Waals surface area (Å²) in [6.45, 7) is 9.82. The van der Waals surface area contributed by atoms with Gasteiger partial charge >= 0.3 is 6.01 Å². The summed E-state index contributed by atoms with van der Waals surface area (Å²) in [7, 11) is 2.20. The first-order valence-electron chi connectivity index (χ1n) is 14.0. The quantitative estimate of drug-likeness (QED) is 0.573. The summed E-state index contributed by atoms with van der Waals surface area (Å²) in [4.78, 5) is 17.7. The fraction of sp³-hybridized carbons (Fsp3) is 0.533. The first kappa shape index (κ1) is 23.2. The summed E-state index contributed by atoms with van der Waals surface area (Å²) in [6, 6.07) is 14.3. The predicted molar refractivity (Wildman–Crippen MR) is 149 cm³/mol. The minimum absolute atomic E-state index is 0.142. The van der Waals surface area contributed by atoms with E-state index in [0.717, 1.165) is 57.3 Å². The molecule has 4 heterocycles. The average Bonchev–Trinajstić information content (AvgIpc) is 3.56. The lowest BCUT2D eigenvalue weighted by atomic mass is 9.88. The number of anilines is 2. The third-order valence-corrected chi connectivity index (χ3v) is 9.09. The number of likely N-dealkylation sites (tertiary alicyclic amines) is 1. The minimum atomic E-state index is 0.142. The van der Waals surface area contributed by atoms with Gasteiger partial charge in [-0.3, -0.25) is 0 Å². The van der Waals surface area contributed by atoms with E-state index in [-0.39, 0.29) is 5.41 Å². The van der Waals surface area contributed by atoms with Crippen LogP contribution in [0.4, 0.5) is 11.5 Å². The van der Waals surface area contributed by atoms with Crippen LogP contribution in [0.25, 0.3) is 10.8 Å². The molecule has 3 aromatic rings. The molecule has 4 aliphatic rings. The fourth-order valence-corrected chi connectivity index (χ4v) is 6.84. The molecule has 1 atom stereocenters. The zero-order valence-corrected chi connectivity index (χ0v) is 22.2. The molecule has 0 bridgehead atoms. The standard InChI is InChI=1S/C30H38N6O/c1-21-6-3-7-22-8-4-10-25(26(21)22)36-18-24-27(30(20-36)11-12-30)28(35-16-13-31-14-17-35)33-29(32-24)37-19-23-9-5-15-34(23)2/h3-4,6-8,10,23,31H,5,9,11-20H2,1-2H3. The minimum Gasteiger partial charge on any atom is -0.462 e. The zero-order chi connectivity index (χ0) is 25.0. The summed E-state index contributed by atoms with van der Waals surface area (Å²) < 4.78 is 6.35. The maximum atomic E-state index is 6.35. The molecule has 1 spiro atoms. The monoisotopic (exact) mass is 498 g/mol. The largest absolute Gasteiger partial charge is 0.462 e. The lowest BCUT2D eigenvalue weighted by Crippen LogP contribution is -2.46. The van der Waals surface area contributed by atoms with E-state index in [2.05, 4.69) is 70.4 Å². The number of benzene rings is 2. The van der Waals surface area contributed by atoms with E-state index in [1.165, 1.54) is 53.3 Å². The van der Waals surface area contributed by atoms with Gasteiger partial charge in [0.25, 0.3) is 0 Å². The van der Waals surface area contributed by atoms with Crippen LogP contribution in [-0.4, -0.2) is 73.8 Å². The Morgan fingerprint density at radius 2 is 1.84 bits per heavy atom. The van der Waals surface area contributed by atoms with Crippen LogP contribution >= 0.6 is 0 Å². The Morgan fingerprint density at radius 3 is 2.59 bits per heavy atom. The highest BCUT2D eigenvalue weighted by Gasteiger charge is 2.52. The second-order valence-corrected chi connectivity index (χ2v) is 11.6. The van der Waals surface area contributed by atoms with Gasteiger partial charge in [-0.15, -0.1) is 0 Å². The molecule has 7 nitrogen and oxygen atoms in total. The van der Waals surface area contributed by atoms with Gasteiger partial charge in [0.1, 0.15) is 12.4 Å². The molecule has 37 heavy (non-hydrogen) atoms. The normalized spacial score (nSPS) is 23.0. The van der Waals surface area contributed by atoms with Crippen molar-refractivity contribution in [3.63, 3.8) is 0 Å². The van der Waals surface area contributed by atoms with E-state index >= 15 is 0 Å². The highest BCUT2D eigenvalue weighted by atomic mass is 16.5. The summed E-state index contributed by atoms with van der Waals surface area (Å²) in [5.41, 5.74) is 5.35. The Labute approximate surface area is 219 Å². The molecule has 7 heteroatoms. The SMILES string of the molecule is Cc1cccc2cccc(N3Cc4nc(OCC5CCCN5C)nc(N5CCNCC5)c4C4(CC4)C3)c12. The van der Waals surface area contributed by atoms with Gasteiger partial charge in [0.15, 0.2) is 0 Å². The number of piperazine rings is 1. The maximum Gasteiger partial charge on any atom is 0.318 e. The summed E-state index contributed by atoms with van der Waals surface area (Å²) >= 11 is 0. The lowest BCUT2D eigenvalue weighted by Gasteiger charge is -2.40. The van der Waals surface area contributed by atoms with Crippen LogP contribution in [0.1, 0.15) is 42.5 Å². The van der Waals surface area contributed by atoms with E-state index in [4.69, 9.17) is 14.7 Å². The summed E-state index contributed by atoms with van der Waals surface area (Å²) in [5, 5.41) is 6.17. The van der Waals surface area contributed by atoms with E-state index in [9.17, 15) is 0 Å². The Bertz CT molecular complexity index is 1310. The molecule has 1 aliphatic carbocycles. The number of nitrogens with one attached hydrogen (secondary N) is 1. The predicted octanol–water partition coefficient (Wildman–Crippen LogP) is 3.87. The molecule has 3 aliphatic heterocycles. The second-order valence-electron chi connectivity index (χ2n) is 11.6. The van der Waals surface area contributed by atoms with Gasteiger partial charge in [0.05, 0.1) is 12.2 Å². The van der Waals surface area contributed by atoms with Gasteiger partial charge in [-0.05, 0) is 63.2 Å². The van der Waals surface area contributed by atoms with E-state index < -0.39 is 0 Å². The van der Waals surface area contributed by atoms with Gasteiger partial charge in [-0.2, -0.15) is 9.97 Å². The molecule has 7 rings (SSSR count). The Kier molecular flexibility index (Phi) is 5.74. The van der Waals surface area contributed by atoms with Crippen molar-refractivity contribution in [1.82, 2.24) is 20.2 Å². The summed E-state index contributed by atoms with van der Waals surface area (Å²) in [5.74, 6) is 1.13. The molecular weight excluding hydrogens is 460 g/mol. The third kappa shape index (κ3) is 4.12. The van der Waals surface area contributed by atoms with Crippen LogP contribution in [0.15, 0.2) is 36.4 Å². The van der Waals surface area contributed by atoms with Crippen molar-refractivity contribution in [2.75, 3.05) is 62.7 Å². The molecular formula is C30H38N6O. The van der Waals surface area contributed by atoms with Gasteiger partial charge < -0.3 is 24.8 Å². The highest BCUT2D eigenvalue weighted by molar-refractivity contribution is 5.97. The first-order chi connectivity index (χ1) is 18.1. The lowest BCUT2D eigenvalue weighted by molar-refractivity contribution is 0.187. The van der Waals surface area contributed by atoms with Crippen LogP contribution in [0, 0.1) is 6.92 Å². The van der Waals surface area contributed by atoms with E-state index in [0.29, 0.717) is 18.7 Å². The first-order valence-corrected chi connectivity index (χ1v) is 14.0. The number of ether oxygens (including phenoxy) is 1. The van der Waals surface area contributed by atoms with Crippen molar-refractivity contribution in [1.29, 1.82) is 0 Å². The Balaban J connectivity index is 1.29. The Hall–Kier alpha value is -2.90. The number of fused-ring (bicyclic) bond motifs is 3. The molecule has 2 aromatic carbocycles. The van der Waals surface area contributed by atoms with Crippen molar-refractivity contribution in [3.8, 4) is 6.01 Å². The molecule has 1 saturated carbocycles. The number of aryl methyl sites for hydroxylation is 1. The average molecular weight is 499 g/mol. The van der Waals surface area contributed by atoms with Gasteiger partial charge in [0.2, 0.25) is 0 Å². The number of hydrogen-bond acceptors (Lipinski definition) is 7. The third-order valence-electron chi connectivity index (χ3n) is 9.09. The fourth-order valence-electron chi connectivity index (χ4n) is 6.84. The second kappa shape index (κ2) is 9.14. The maximum absolute atomic E-state index is 6.35. The van der Waals surface area contributed by atoms with Crippen LogP contribution in [0.2, 0.25) is 0 Å². The van der Waals surface area contributed by atoms with Crippen LogP contribution in [-0.2, 0) is 12.0 Å². The molecule has 2 saturated heterocycles. The van der Waals surface area contributed by atoms with Gasteiger partial charge in [-0.25, -0.2) is 0 Å². The number of hydrogen-bond donors (Lipinski definition) is 1. The van der Waals surface area contributed by atoms with Crippen molar-refractivity contribution < 1.29 is 4.74 Å². The molecule has 0 radical (unpaired) electrons.